The Morgan fingerprint density at radius 1 is 1.38 bits per heavy atom. The summed E-state index contributed by atoms with van der Waals surface area (Å²) in [6.07, 6.45) is 0.253. The van der Waals surface area contributed by atoms with Crippen LogP contribution in [0.3, 0.4) is 0 Å². The molecule has 1 aliphatic heterocycles. The molecule has 0 bridgehead atoms. The summed E-state index contributed by atoms with van der Waals surface area (Å²) < 4.78 is 11.1. The van der Waals surface area contributed by atoms with Gasteiger partial charge in [-0.25, -0.2) is 0 Å². The summed E-state index contributed by atoms with van der Waals surface area (Å²) in [4.78, 5) is 0. The zero-order valence-electron chi connectivity index (χ0n) is 8.88. The van der Waals surface area contributed by atoms with Gasteiger partial charge in [0.05, 0.1) is 23.2 Å². The van der Waals surface area contributed by atoms with Crippen molar-refractivity contribution in [1.82, 2.24) is 0 Å². The van der Waals surface area contributed by atoms with Crippen LogP contribution >= 0.6 is 22.6 Å². The van der Waals surface area contributed by atoms with E-state index in [1.165, 1.54) is 0 Å². The van der Waals surface area contributed by atoms with Crippen molar-refractivity contribution < 1.29 is 14.6 Å². The minimum atomic E-state index is -0.633. The Hall–Kier alpha value is -0.170. The first kappa shape index (κ1) is 12.3. The topological polar surface area (TPSA) is 38.7 Å². The van der Waals surface area contributed by atoms with Crippen LogP contribution in [0.25, 0.3) is 0 Å². The number of benzene rings is 1. The molecule has 0 saturated carbocycles. The van der Waals surface area contributed by atoms with Gasteiger partial charge in [0.15, 0.2) is 6.29 Å². The molecule has 3 nitrogen and oxygen atoms in total. The predicted octanol–water partition coefficient (Wildman–Crippen LogP) is 2.11. The van der Waals surface area contributed by atoms with Gasteiger partial charge in [0, 0.05) is 0 Å². The maximum Gasteiger partial charge on any atom is 0.166 e. The fourth-order valence-electron chi connectivity index (χ4n) is 1.70. The largest absolute Gasteiger partial charge is 0.374 e. The first-order chi connectivity index (χ1) is 7.75. The average molecular weight is 334 g/mol. The lowest BCUT2D eigenvalue weighted by Gasteiger charge is -2.10. The number of halogens is 1. The van der Waals surface area contributed by atoms with E-state index in [-0.39, 0.29) is 10.0 Å². The van der Waals surface area contributed by atoms with Crippen molar-refractivity contribution in [1.29, 1.82) is 0 Å². The van der Waals surface area contributed by atoms with Crippen molar-refractivity contribution in [2.75, 3.05) is 6.61 Å². The van der Waals surface area contributed by atoms with E-state index < -0.39 is 6.29 Å². The van der Waals surface area contributed by atoms with Crippen LogP contribution in [-0.4, -0.2) is 28.0 Å². The summed E-state index contributed by atoms with van der Waals surface area (Å²) in [5.41, 5.74) is 1.16. The molecule has 0 aliphatic carbocycles. The summed E-state index contributed by atoms with van der Waals surface area (Å²) in [5, 5.41) is 9.40. The Bertz CT molecular complexity index is 307. The minimum Gasteiger partial charge on any atom is -0.374 e. The first-order valence-corrected chi connectivity index (χ1v) is 6.59. The maximum atomic E-state index is 9.40. The molecule has 1 aromatic rings. The number of alkyl halides is 1. The van der Waals surface area contributed by atoms with Crippen molar-refractivity contribution in [2.45, 2.75) is 29.3 Å². The second kappa shape index (κ2) is 5.95. The van der Waals surface area contributed by atoms with Crippen LogP contribution < -0.4 is 0 Å². The van der Waals surface area contributed by atoms with Crippen LogP contribution in [-0.2, 0) is 16.1 Å². The molecular formula is C12H15IO3. The molecule has 1 N–H and O–H groups in total. The quantitative estimate of drug-likeness (QED) is 0.677. The lowest BCUT2D eigenvalue weighted by molar-refractivity contribution is -0.107. The average Bonchev–Trinajstić information content (AvgIpc) is 2.60. The van der Waals surface area contributed by atoms with Gasteiger partial charge in [-0.2, -0.15) is 0 Å². The van der Waals surface area contributed by atoms with E-state index in [0.29, 0.717) is 13.2 Å². The number of hydrogen-bond acceptors (Lipinski definition) is 3. The molecule has 88 valence electrons. The molecule has 1 heterocycles. The van der Waals surface area contributed by atoms with Gasteiger partial charge in [-0.15, -0.1) is 0 Å². The summed E-state index contributed by atoms with van der Waals surface area (Å²) in [5.74, 6) is 0. The van der Waals surface area contributed by atoms with Crippen LogP contribution in [0.4, 0.5) is 0 Å². The van der Waals surface area contributed by atoms with E-state index >= 15 is 0 Å². The third-order valence-corrected chi connectivity index (χ3v) is 3.67. The van der Waals surface area contributed by atoms with Gasteiger partial charge in [-0.3, -0.25) is 0 Å². The smallest absolute Gasteiger partial charge is 0.166 e. The highest BCUT2D eigenvalue weighted by Gasteiger charge is 2.31. The second-order valence-electron chi connectivity index (χ2n) is 3.90. The van der Waals surface area contributed by atoms with Crippen LogP contribution in [0.2, 0.25) is 0 Å². The van der Waals surface area contributed by atoms with E-state index in [9.17, 15) is 5.11 Å². The van der Waals surface area contributed by atoms with E-state index in [1.54, 1.807) is 0 Å². The monoisotopic (exact) mass is 334 g/mol. The number of aliphatic hydroxyl groups is 1. The standard InChI is InChI=1S/C12H15IO3/c13-11-6-10(16-12(11)14)8-15-7-9-4-2-1-3-5-9/h1-5,10-12,14H,6-8H2/t10-,11-,12-/m0/s1. The normalized spacial score (nSPS) is 29.5. The van der Waals surface area contributed by atoms with Gasteiger partial charge < -0.3 is 14.6 Å². The highest BCUT2D eigenvalue weighted by Crippen LogP contribution is 2.25. The molecule has 0 amide bonds. The lowest BCUT2D eigenvalue weighted by Crippen LogP contribution is -2.17. The molecular weight excluding hydrogens is 319 g/mol. The maximum absolute atomic E-state index is 9.40. The summed E-state index contributed by atoms with van der Waals surface area (Å²) >= 11 is 2.21. The van der Waals surface area contributed by atoms with Gasteiger partial charge in [0.25, 0.3) is 0 Å². The third kappa shape index (κ3) is 3.41. The van der Waals surface area contributed by atoms with Gasteiger partial charge in [-0.1, -0.05) is 52.9 Å². The highest BCUT2D eigenvalue weighted by atomic mass is 127. The van der Waals surface area contributed by atoms with Crippen LogP contribution in [0.1, 0.15) is 12.0 Å². The van der Waals surface area contributed by atoms with E-state index in [4.69, 9.17) is 9.47 Å². The molecule has 3 atom stereocenters. The van der Waals surface area contributed by atoms with Crippen molar-refractivity contribution in [2.24, 2.45) is 0 Å². The molecule has 2 rings (SSSR count). The summed E-state index contributed by atoms with van der Waals surface area (Å²) in [6, 6.07) is 10.0. The second-order valence-corrected chi connectivity index (χ2v) is 5.50. The Kier molecular flexibility index (Phi) is 4.57. The minimum absolute atomic E-state index is 0.0283. The predicted molar refractivity (Wildman–Crippen MR) is 69.4 cm³/mol. The van der Waals surface area contributed by atoms with Crippen molar-refractivity contribution in [3.63, 3.8) is 0 Å². The van der Waals surface area contributed by atoms with Crippen molar-refractivity contribution >= 4 is 22.6 Å². The number of hydrogen-bond donors (Lipinski definition) is 1. The molecule has 16 heavy (non-hydrogen) atoms. The fraction of sp³-hybridized carbons (Fsp3) is 0.500. The van der Waals surface area contributed by atoms with Crippen molar-refractivity contribution in [3.05, 3.63) is 35.9 Å². The molecule has 0 aromatic heterocycles. The molecule has 1 aromatic carbocycles. The van der Waals surface area contributed by atoms with Crippen LogP contribution in [0.5, 0.6) is 0 Å². The van der Waals surface area contributed by atoms with Gasteiger partial charge in [0.1, 0.15) is 0 Å². The van der Waals surface area contributed by atoms with Crippen LogP contribution in [0, 0.1) is 0 Å². The molecule has 0 radical (unpaired) electrons. The third-order valence-electron chi connectivity index (χ3n) is 2.54. The molecule has 0 unspecified atom stereocenters. The SMILES string of the molecule is O[C@H]1O[C@H](COCc2ccccc2)C[C@@H]1I. The Morgan fingerprint density at radius 3 is 2.75 bits per heavy atom. The van der Waals surface area contributed by atoms with Crippen LogP contribution in [0.15, 0.2) is 30.3 Å². The molecule has 4 heteroatoms. The molecule has 1 saturated heterocycles. The van der Waals surface area contributed by atoms with Crippen molar-refractivity contribution in [3.8, 4) is 0 Å². The Morgan fingerprint density at radius 2 is 2.12 bits per heavy atom. The molecule has 0 spiro atoms. The molecule has 1 aliphatic rings. The number of rotatable bonds is 4. The van der Waals surface area contributed by atoms with Gasteiger partial charge in [0.2, 0.25) is 0 Å². The zero-order valence-corrected chi connectivity index (χ0v) is 11.0. The zero-order chi connectivity index (χ0) is 11.4. The lowest BCUT2D eigenvalue weighted by atomic mass is 10.2. The number of aliphatic hydroxyl groups excluding tert-OH is 1. The Labute approximate surface area is 109 Å². The summed E-state index contributed by atoms with van der Waals surface area (Å²) in [7, 11) is 0. The Balaban J connectivity index is 1.69. The van der Waals surface area contributed by atoms with Gasteiger partial charge in [-0.05, 0) is 12.0 Å². The number of ether oxygens (including phenoxy) is 2. The first-order valence-electron chi connectivity index (χ1n) is 5.35. The van der Waals surface area contributed by atoms with Gasteiger partial charge >= 0.3 is 0 Å². The van der Waals surface area contributed by atoms with E-state index in [2.05, 4.69) is 22.6 Å². The van der Waals surface area contributed by atoms with E-state index in [0.717, 1.165) is 12.0 Å². The molecule has 1 fully saturated rings. The highest BCUT2D eigenvalue weighted by molar-refractivity contribution is 14.1. The summed E-state index contributed by atoms with van der Waals surface area (Å²) in [6.45, 7) is 1.15. The van der Waals surface area contributed by atoms with E-state index in [1.807, 2.05) is 30.3 Å². The fourth-order valence-corrected chi connectivity index (χ4v) is 2.43.